The van der Waals surface area contributed by atoms with E-state index in [9.17, 15) is 5.11 Å². The van der Waals surface area contributed by atoms with Gasteiger partial charge in [0.1, 0.15) is 0 Å². The topological polar surface area (TPSA) is 46.2 Å². The summed E-state index contributed by atoms with van der Waals surface area (Å²) < 4.78 is 0. The Kier molecular flexibility index (Phi) is 6.44. The Balaban J connectivity index is 0.00000162. The fourth-order valence-electron chi connectivity index (χ4n) is 2.65. The molecule has 2 nitrogen and oxygen atoms in total. The Labute approximate surface area is 120 Å². The first-order valence-electron chi connectivity index (χ1n) is 6.37. The monoisotopic (exact) mass is 289 g/mol. The second-order valence-corrected chi connectivity index (χ2v) is 5.40. The summed E-state index contributed by atoms with van der Waals surface area (Å²) in [7, 11) is 0. The number of hydrogen-bond acceptors (Lipinski definition) is 2. The van der Waals surface area contributed by atoms with Crippen molar-refractivity contribution in [3.63, 3.8) is 0 Å². The lowest BCUT2D eigenvalue weighted by Gasteiger charge is -2.30. The summed E-state index contributed by atoms with van der Waals surface area (Å²) in [6.45, 7) is 0. The third kappa shape index (κ3) is 3.86. The molecule has 0 aromatic heterocycles. The van der Waals surface area contributed by atoms with Gasteiger partial charge in [-0.05, 0) is 36.5 Å². The molecule has 1 aliphatic carbocycles. The van der Waals surface area contributed by atoms with Crippen LogP contribution in [0.5, 0.6) is 0 Å². The third-order valence-corrected chi connectivity index (χ3v) is 4.01. The molecule has 0 spiro atoms. The average Bonchev–Trinajstić information content (AvgIpc) is 2.39. The normalized spacial score (nSPS) is 19.9. The highest BCUT2D eigenvalue weighted by Crippen LogP contribution is 2.31. The number of rotatable bonds is 3. The number of halogens is 2. The van der Waals surface area contributed by atoms with Gasteiger partial charge in [0.05, 0.1) is 12.1 Å². The maximum absolute atomic E-state index is 10.3. The number of aliphatic hydroxyl groups excluding tert-OH is 1. The van der Waals surface area contributed by atoms with E-state index in [2.05, 4.69) is 0 Å². The van der Waals surface area contributed by atoms with E-state index in [-0.39, 0.29) is 18.4 Å². The quantitative estimate of drug-likeness (QED) is 0.891. The van der Waals surface area contributed by atoms with E-state index >= 15 is 0 Å². The first-order chi connectivity index (χ1) is 8.18. The molecular weight excluding hydrogens is 269 g/mol. The molecule has 2 atom stereocenters. The van der Waals surface area contributed by atoms with Gasteiger partial charge < -0.3 is 10.8 Å². The summed E-state index contributed by atoms with van der Waals surface area (Å²) in [6.07, 6.45) is 5.49. The molecule has 0 amide bonds. The van der Waals surface area contributed by atoms with Crippen molar-refractivity contribution in [2.75, 3.05) is 0 Å². The van der Waals surface area contributed by atoms with E-state index < -0.39 is 6.10 Å². The molecule has 2 rings (SSSR count). The second kappa shape index (κ2) is 7.34. The van der Waals surface area contributed by atoms with Gasteiger partial charge >= 0.3 is 0 Å². The summed E-state index contributed by atoms with van der Waals surface area (Å²) in [5.74, 6) is 0.356. The van der Waals surface area contributed by atoms with Crippen LogP contribution in [-0.2, 0) is 0 Å². The molecule has 0 saturated heterocycles. The second-order valence-electron chi connectivity index (χ2n) is 4.97. The minimum Gasteiger partial charge on any atom is -0.391 e. The Hall–Kier alpha value is -0.280. The molecule has 4 heteroatoms. The molecule has 102 valence electrons. The van der Waals surface area contributed by atoms with Crippen LogP contribution in [0, 0.1) is 5.92 Å². The lowest BCUT2D eigenvalue weighted by molar-refractivity contribution is 0.0618. The number of aliphatic hydroxyl groups is 1. The van der Waals surface area contributed by atoms with Gasteiger partial charge in [0, 0.05) is 5.02 Å². The van der Waals surface area contributed by atoms with Gasteiger partial charge in [-0.25, -0.2) is 0 Å². The zero-order valence-corrected chi connectivity index (χ0v) is 12.0. The number of nitrogens with two attached hydrogens (primary N) is 1. The molecule has 1 fully saturated rings. The third-order valence-electron chi connectivity index (χ3n) is 3.76. The molecule has 0 heterocycles. The molecule has 1 aliphatic rings. The number of hydrogen-bond donors (Lipinski definition) is 2. The fraction of sp³-hybridized carbons (Fsp3) is 0.571. The lowest BCUT2D eigenvalue weighted by Crippen LogP contribution is -2.34. The fourth-order valence-corrected chi connectivity index (χ4v) is 2.78. The summed E-state index contributed by atoms with van der Waals surface area (Å²) in [5, 5.41) is 11.0. The van der Waals surface area contributed by atoms with Gasteiger partial charge in [0.2, 0.25) is 0 Å². The van der Waals surface area contributed by atoms with Crippen molar-refractivity contribution < 1.29 is 5.11 Å². The molecule has 0 aliphatic heterocycles. The zero-order chi connectivity index (χ0) is 12.3. The van der Waals surface area contributed by atoms with E-state index in [0.29, 0.717) is 10.9 Å². The van der Waals surface area contributed by atoms with Crippen LogP contribution in [0.3, 0.4) is 0 Å². The minimum absolute atomic E-state index is 0. The summed E-state index contributed by atoms with van der Waals surface area (Å²) in [4.78, 5) is 0. The van der Waals surface area contributed by atoms with Crippen molar-refractivity contribution in [1.29, 1.82) is 0 Å². The van der Waals surface area contributed by atoms with Crippen molar-refractivity contribution in [3.05, 3.63) is 34.9 Å². The van der Waals surface area contributed by atoms with Crippen molar-refractivity contribution in [2.45, 2.75) is 44.2 Å². The van der Waals surface area contributed by atoms with Crippen molar-refractivity contribution in [3.8, 4) is 0 Å². The molecule has 0 bridgehead atoms. The SMILES string of the molecule is Cl.N[C@H](c1ccc(Cl)cc1)[C@@H](O)C1CCCCC1. The first-order valence-corrected chi connectivity index (χ1v) is 6.75. The Morgan fingerprint density at radius 1 is 1.11 bits per heavy atom. The summed E-state index contributed by atoms with van der Waals surface area (Å²) >= 11 is 5.84. The molecule has 1 aromatic rings. The molecule has 1 aromatic carbocycles. The van der Waals surface area contributed by atoms with Gasteiger partial charge in [0.25, 0.3) is 0 Å². The van der Waals surface area contributed by atoms with Crippen LogP contribution >= 0.6 is 24.0 Å². The van der Waals surface area contributed by atoms with Gasteiger partial charge in [-0.15, -0.1) is 12.4 Å². The first kappa shape index (κ1) is 15.8. The largest absolute Gasteiger partial charge is 0.391 e. The highest BCUT2D eigenvalue weighted by molar-refractivity contribution is 6.30. The molecule has 18 heavy (non-hydrogen) atoms. The van der Waals surface area contributed by atoms with E-state index in [1.807, 2.05) is 24.3 Å². The summed E-state index contributed by atoms with van der Waals surface area (Å²) in [5.41, 5.74) is 7.09. The van der Waals surface area contributed by atoms with Crippen LogP contribution in [0.25, 0.3) is 0 Å². The Morgan fingerprint density at radius 2 is 1.67 bits per heavy atom. The summed E-state index contributed by atoms with van der Waals surface area (Å²) in [6, 6.07) is 7.16. The highest BCUT2D eigenvalue weighted by Gasteiger charge is 2.27. The Bertz CT molecular complexity index is 349. The number of benzene rings is 1. The molecule has 0 unspecified atom stereocenters. The van der Waals surface area contributed by atoms with E-state index in [0.717, 1.165) is 18.4 Å². The van der Waals surface area contributed by atoms with E-state index in [4.69, 9.17) is 17.3 Å². The minimum atomic E-state index is -0.434. The average molecular weight is 290 g/mol. The maximum atomic E-state index is 10.3. The predicted molar refractivity (Wildman–Crippen MR) is 78.2 cm³/mol. The van der Waals surface area contributed by atoms with E-state index in [1.165, 1.54) is 19.3 Å². The van der Waals surface area contributed by atoms with Crippen LogP contribution < -0.4 is 5.73 Å². The van der Waals surface area contributed by atoms with Crippen molar-refractivity contribution in [1.82, 2.24) is 0 Å². The smallest absolute Gasteiger partial charge is 0.0760 e. The molecule has 0 radical (unpaired) electrons. The van der Waals surface area contributed by atoms with Crippen LogP contribution in [-0.4, -0.2) is 11.2 Å². The molecular formula is C14H21Cl2NO. The van der Waals surface area contributed by atoms with Crippen LogP contribution in [0.4, 0.5) is 0 Å². The van der Waals surface area contributed by atoms with Gasteiger partial charge in [-0.1, -0.05) is 43.0 Å². The van der Waals surface area contributed by atoms with Crippen molar-refractivity contribution in [2.24, 2.45) is 11.7 Å². The van der Waals surface area contributed by atoms with Crippen LogP contribution in [0.15, 0.2) is 24.3 Å². The predicted octanol–water partition coefficient (Wildman–Crippen LogP) is 3.70. The van der Waals surface area contributed by atoms with Crippen LogP contribution in [0.1, 0.15) is 43.7 Å². The zero-order valence-electron chi connectivity index (χ0n) is 10.4. The van der Waals surface area contributed by atoms with Gasteiger partial charge in [-0.2, -0.15) is 0 Å². The van der Waals surface area contributed by atoms with Crippen molar-refractivity contribution >= 4 is 24.0 Å². The Morgan fingerprint density at radius 3 is 2.22 bits per heavy atom. The molecule has 3 N–H and O–H groups in total. The lowest BCUT2D eigenvalue weighted by atomic mass is 9.81. The van der Waals surface area contributed by atoms with Crippen LogP contribution in [0.2, 0.25) is 5.02 Å². The van der Waals surface area contributed by atoms with E-state index in [1.54, 1.807) is 0 Å². The standard InChI is InChI=1S/C14H20ClNO.ClH/c15-12-8-6-10(7-9-12)13(16)14(17)11-4-2-1-3-5-11;/h6-9,11,13-14,17H,1-5,16H2;1H/t13-,14+;/m1./s1. The highest BCUT2D eigenvalue weighted by atomic mass is 35.5. The maximum Gasteiger partial charge on any atom is 0.0760 e. The van der Waals surface area contributed by atoms with Gasteiger partial charge in [0.15, 0.2) is 0 Å². The molecule has 1 saturated carbocycles. The van der Waals surface area contributed by atoms with Gasteiger partial charge in [-0.3, -0.25) is 0 Å².